The van der Waals surface area contributed by atoms with E-state index in [-0.39, 0.29) is 5.69 Å². The Hall–Kier alpha value is -1.49. The van der Waals surface area contributed by atoms with Crippen molar-refractivity contribution in [3.63, 3.8) is 0 Å². The molecule has 3 rings (SSSR count). The molecular weight excluding hydrogens is 308 g/mol. The van der Waals surface area contributed by atoms with Crippen LogP contribution >= 0.6 is 15.9 Å². The average molecular weight is 323 g/mol. The molecule has 19 heavy (non-hydrogen) atoms. The van der Waals surface area contributed by atoms with Crippen LogP contribution in [0.1, 0.15) is 24.4 Å². The molecule has 0 unspecified atom stereocenters. The van der Waals surface area contributed by atoms with Gasteiger partial charge < -0.3 is 4.74 Å². The Labute approximate surface area is 119 Å². The molecule has 1 heterocycles. The maximum atomic E-state index is 12.2. The highest BCUT2D eigenvalue weighted by molar-refractivity contribution is 9.10. The second kappa shape index (κ2) is 4.89. The largest absolute Gasteiger partial charge is 0.497 e. The number of aromatic nitrogens is 2. The molecule has 0 amide bonds. The molecule has 0 saturated heterocycles. The topological polar surface area (TPSA) is 36.2 Å². The third-order valence-electron chi connectivity index (χ3n) is 3.41. The van der Waals surface area contributed by atoms with E-state index >= 15 is 0 Å². The van der Waals surface area contributed by atoms with Gasteiger partial charge in [-0.15, -0.1) is 0 Å². The molecule has 1 aromatic carbocycles. The Kier molecular flexibility index (Phi) is 3.22. The van der Waals surface area contributed by atoms with E-state index in [1.54, 1.807) is 11.7 Å². The van der Waals surface area contributed by atoms with Gasteiger partial charge in [0.1, 0.15) is 5.75 Å². The van der Waals surface area contributed by atoms with Gasteiger partial charge in [-0.3, -0.25) is 9.13 Å². The number of nitrogens with zero attached hydrogens (tertiary/aromatic N) is 2. The fourth-order valence-corrected chi connectivity index (χ4v) is 2.53. The first-order valence-electron chi connectivity index (χ1n) is 6.28. The molecule has 2 aromatic rings. The van der Waals surface area contributed by atoms with E-state index in [9.17, 15) is 4.79 Å². The highest BCUT2D eigenvalue weighted by Crippen LogP contribution is 2.33. The average Bonchev–Trinajstić information content (AvgIpc) is 3.19. The van der Waals surface area contributed by atoms with Crippen molar-refractivity contribution >= 4 is 15.9 Å². The first kappa shape index (κ1) is 12.5. The number of hydrogen-bond donors (Lipinski definition) is 0. The normalized spacial score (nSPS) is 14.6. The molecule has 100 valence electrons. The van der Waals surface area contributed by atoms with Gasteiger partial charge in [-0.05, 0) is 36.6 Å². The van der Waals surface area contributed by atoms with Crippen molar-refractivity contribution in [2.75, 3.05) is 7.11 Å². The maximum Gasteiger partial charge on any atom is 0.328 e. The molecule has 1 aliphatic carbocycles. The SMILES string of the molecule is COc1ccc(Br)c(Cn2ccn(C3CC3)c2=O)c1. The number of methoxy groups -OCH3 is 1. The summed E-state index contributed by atoms with van der Waals surface area (Å²) in [7, 11) is 1.64. The number of halogens is 1. The second-order valence-electron chi connectivity index (χ2n) is 4.80. The molecule has 0 atom stereocenters. The van der Waals surface area contributed by atoms with Gasteiger partial charge in [0, 0.05) is 22.9 Å². The number of ether oxygens (including phenoxy) is 1. The zero-order valence-electron chi connectivity index (χ0n) is 10.7. The molecule has 0 bridgehead atoms. The molecule has 5 heteroatoms. The van der Waals surface area contributed by atoms with Crippen LogP contribution in [0.2, 0.25) is 0 Å². The van der Waals surface area contributed by atoms with Crippen LogP contribution in [0, 0.1) is 0 Å². The van der Waals surface area contributed by atoms with E-state index in [1.165, 1.54) is 0 Å². The third-order valence-corrected chi connectivity index (χ3v) is 4.18. The smallest absolute Gasteiger partial charge is 0.328 e. The molecule has 1 aliphatic rings. The summed E-state index contributed by atoms with van der Waals surface area (Å²) in [6, 6.07) is 6.20. The molecular formula is C14H15BrN2O2. The first-order valence-corrected chi connectivity index (χ1v) is 7.08. The molecule has 0 N–H and O–H groups in total. The molecule has 0 radical (unpaired) electrons. The van der Waals surface area contributed by atoms with Crippen LogP contribution < -0.4 is 10.4 Å². The van der Waals surface area contributed by atoms with Gasteiger partial charge in [0.25, 0.3) is 0 Å². The summed E-state index contributed by atoms with van der Waals surface area (Å²) in [4.78, 5) is 12.2. The van der Waals surface area contributed by atoms with Gasteiger partial charge >= 0.3 is 5.69 Å². The van der Waals surface area contributed by atoms with Crippen molar-refractivity contribution in [2.45, 2.75) is 25.4 Å². The van der Waals surface area contributed by atoms with Crippen molar-refractivity contribution in [1.29, 1.82) is 0 Å². The van der Waals surface area contributed by atoms with Crippen molar-refractivity contribution in [3.8, 4) is 5.75 Å². The van der Waals surface area contributed by atoms with E-state index < -0.39 is 0 Å². The van der Waals surface area contributed by atoms with Gasteiger partial charge in [-0.1, -0.05) is 15.9 Å². The van der Waals surface area contributed by atoms with Crippen molar-refractivity contribution in [3.05, 3.63) is 51.1 Å². The number of hydrogen-bond acceptors (Lipinski definition) is 2. The quantitative estimate of drug-likeness (QED) is 0.867. The highest BCUT2D eigenvalue weighted by Gasteiger charge is 2.25. The van der Waals surface area contributed by atoms with E-state index in [2.05, 4.69) is 15.9 Å². The molecule has 1 saturated carbocycles. The van der Waals surface area contributed by atoms with Crippen LogP contribution in [0.4, 0.5) is 0 Å². The summed E-state index contributed by atoms with van der Waals surface area (Å²) < 4.78 is 9.76. The standard InChI is InChI=1S/C14H15BrN2O2/c1-19-12-4-5-13(15)10(8-12)9-16-6-7-17(14(16)18)11-2-3-11/h4-8,11H,2-3,9H2,1H3. The fourth-order valence-electron chi connectivity index (χ4n) is 2.16. The van der Waals surface area contributed by atoms with E-state index in [1.807, 2.05) is 35.2 Å². The maximum absolute atomic E-state index is 12.2. The summed E-state index contributed by atoms with van der Waals surface area (Å²) in [5.74, 6) is 0.799. The monoisotopic (exact) mass is 322 g/mol. The second-order valence-corrected chi connectivity index (χ2v) is 5.66. The van der Waals surface area contributed by atoms with Crippen LogP contribution in [0.25, 0.3) is 0 Å². The summed E-state index contributed by atoms with van der Waals surface area (Å²) in [6.07, 6.45) is 5.97. The Balaban J connectivity index is 1.90. The molecule has 4 nitrogen and oxygen atoms in total. The first-order chi connectivity index (χ1) is 9.19. The third kappa shape index (κ3) is 2.47. The Morgan fingerprint density at radius 3 is 2.84 bits per heavy atom. The van der Waals surface area contributed by atoms with Crippen LogP contribution in [-0.4, -0.2) is 16.2 Å². The predicted octanol–water partition coefficient (Wildman–Crippen LogP) is 2.80. The molecule has 1 fully saturated rings. The van der Waals surface area contributed by atoms with Gasteiger partial charge in [-0.2, -0.15) is 0 Å². The van der Waals surface area contributed by atoms with Crippen LogP contribution in [-0.2, 0) is 6.54 Å². The minimum Gasteiger partial charge on any atom is -0.497 e. The lowest BCUT2D eigenvalue weighted by atomic mass is 10.2. The molecule has 0 spiro atoms. The lowest BCUT2D eigenvalue weighted by molar-refractivity contribution is 0.414. The summed E-state index contributed by atoms with van der Waals surface area (Å²) in [6.45, 7) is 0.552. The minimum atomic E-state index is 0.0669. The van der Waals surface area contributed by atoms with E-state index in [0.717, 1.165) is 28.6 Å². The van der Waals surface area contributed by atoms with Gasteiger partial charge in [0.05, 0.1) is 13.7 Å². The van der Waals surface area contributed by atoms with E-state index in [4.69, 9.17) is 4.74 Å². The van der Waals surface area contributed by atoms with Gasteiger partial charge in [0.15, 0.2) is 0 Å². The lowest BCUT2D eigenvalue weighted by Gasteiger charge is -2.07. The van der Waals surface area contributed by atoms with Crippen LogP contribution in [0.5, 0.6) is 5.75 Å². The minimum absolute atomic E-state index is 0.0669. The number of rotatable bonds is 4. The van der Waals surface area contributed by atoms with Gasteiger partial charge in [-0.25, -0.2) is 4.79 Å². The molecule has 0 aliphatic heterocycles. The molecule has 1 aromatic heterocycles. The number of imidazole rings is 1. The summed E-state index contributed by atoms with van der Waals surface area (Å²) in [5.41, 5.74) is 1.10. The van der Waals surface area contributed by atoms with Crippen molar-refractivity contribution < 1.29 is 4.74 Å². The zero-order chi connectivity index (χ0) is 13.4. The fraction of sp³-hybridized carbons (Fsp3) is 0.357. The van der Waals surface area contributed by atoms with Crippen molar-refractivity contribution in [1.82, 2.24) is 9.13 Å². The van der Waals surface area contributed by atoms with Crippen LogP contribution in [0.3, 0.4) is 0 Å². The Morgan fingerprint density at radius 2 is 2.16 bits per heavy atom. The predicted molar refractivity (Wildman–Crippen MR) is 76.8 cm³/mol. The Morgan fingerprint density at radius 1 is 1.37 bits per heavy atom. The highest BCUT2D eigenvalue weighted by atomic mass is 79.9. The zero-order valence-corrected chi connectivity index (χ0v) is 12.3. The van der Waals surface area contributed by atoms with E-state index in [0.29, 0.717) is 12.6 Å². The summed E-state index contributed by atoms with van der Waals surface area (Å²) >= 11 is 3.51. The van der Waals surface area contributed by atoms with Crippen molar-refractivity contribution in [2.24, 2.45) is 0 Å². The lowest BCUT2D eigenvalue weighted by Crippen LogP contribution is -2.23. The number of benzene rings is 1. The summed E-state index contributed by atoms with van der Waals surface area (Å²) in [5, 5.41) is 0. The van der Waals surface area contributed by atoms with Gasteiger partial charge in [0.2, 0.25) is 0 Å². The van der Waals surface area contributed by atoms with Crippen LogP contribution in [0.15, 0.2) is 39.9 Å². The Bertz CT molecular complexity index is 656.